The molecule has 6 aromatic rings. The van der Waals surface area contributed by atoms with E-state index in [4.69, 9.17) is 4.74 Å². The number of nitrogens with one attached hydrogen (secondary N) is 1. The van der Waals surface area contributed by atoms with E-state index in [0.717, 1.165) is 27.7 Å². The minimum atomic E-state index is -4.78. The zero-order chi connectivity index (χ0) is 26.8. The highest BCUT2D eigenvalue weighted by molar-refractivity contribution is 6.00. The highest BCUT2D eigenvalue weighted by Crippen LogP contribution is 2.34. The molecule has 0 aliphatic rings. The van der Waals surface area contributed by atoms with Crippen LogP contribution in [0.1, 0.15) is 0 Å². The predicted molar refractivity (Wildman–Crippen MR) is 143 cm³/mol. The van der Waals surface area contributed by atoms with Crippen LogP contribution in [0.5, 0.6) is 17.2 Å². The number of anilines is 2. The number of rotatable bonds is 6. The molecule has 0 saturated heterocycles. The summed E-state index contributed by atoms with van der Waals surface area (Å²) >= 11 is 0. The number of aromatic nitrogens is 3. The number of ether oxygens (including phenoxy) is 2. The second kappa shape index (κ2) is 9.94. The second-order valence-electron chi connectivity index (χ2n) is 8.60. The largest absolute Gasteiger partial charge is 0.573 e. The van der Waals surface area contributed by atoms with Gasteiger partial charge in [-0.05, 0) is 42.5 Å². The van der Waals surface area contributed by atoms with Crippen molar-refractivity contribution < 1.29 is 22.6 Å². The maximum atomic E-state index is 12.6. The van der Waals surface area contributed by atoms with Crippen molar-refractivity contribution in [3.63, 3.8) is 0 Å². The lowest BCUT2D eigenvalue weighted by atomic mass is 10.0. The van der Waals surface area contributed by atoms with Crippen LogP contribution in [0.3, 0.4) is 0 Å². The van der Waals surface area contributed by atoms with E-state index in [1.54, 1.807) is 18.2 Å². The highest BCUT2D eigenvalue weighted by Gasteiger charge is 2.31. The Morgan fingerprint density at radius 2 is 1.38 bits per heavy atom. The fourth-order valence-corrected chi connectivity index (χ4v) is 4.26. The lowest BCUT2D eigenvalue weighted by Crippen LogP contribution is -2.17. The zero-order valence-electron chi connectivity index (χ0n) is 20.2. The Labute approximate surface area is 220 Å². The van der Waals surface area contributed by atoms with Gasteiger partial charge in [-0.1, -0.05) is 54.6 Å². The fourth-order valence-electron chi connectivity index (χ4n) is 4.26. The third-order valence-electron chi connectivity index (χ3n) is 5.99. The van der Waals surface area contributed by atoms with E-state index in [2.05, 4.69) is 25.2 Å². The van der Waals surface area contributed by atoms with Crippen LogP contribution in [0.25, 0.3) is 32.9 Å². The Morgan fingerprint density at radius 3 is 2.15 bits per heavy atom. The predicted octanol–water partition coefficient (Wildman–Crippen LogP) is 8.28. The summed E-state index contributed by atoms with van der Waals surface area (Å²) in [6, 6.07) is 30.7. The van der Waals surface area contributed by atoms with Crippen molar-refractivity contribution >= 4 is 33.2 Å². The number of hydrogen-bond acceptors (Lipinski definition) is 6. The summed E-state index contributed by atoms with van der Waals surface area (Å²) in [6.07, 6.45) is -3.31. The third-order valence-corrected chi connectivity index (χ3v) is 5.99. The molecule has 9 heteroatoms. The quantitative estimate of drug-likeness (QED) is 0.236. The molecule has 0 spiro atoms. The smallest absolute Gasteiger partial charge is 0.457 e. The highest BCUT2D eigenvalue weighted by atomic mass is 19.4. The van der Waals surface area contributed by atoms with Crippen LogP contribution in [0.4, 0.5) is 24.7 Å². The second-order valence-corrected chi connectivity index (χ2v) is 8.60. The van der Waals surface area contributed by atoms with Gasteiger partial charge in [-0.3, -0.25) is 4.98 Å². The van der Waals surface area contributed by atoms with E-state index in [-0.39, 0.29) is 5.75 Å². The summed E-state index contributed by atoms with van der Waals surface area (Å²) < 4.78 is 47.7. The molecule has 2 aromatic heterocycles. The summed E-state index contributed by atoms with van der Waals surface area (Å²) in [5.41, 5.74) is 2.89. The summed E-state index contributed by atoms with van der Waals surface area (Å²) in [4.78, 5) is 4.14. The molecule has 4 aromatic carbocycles. The Bertz CT molecular complexity index is 1780. The topological polar surface area (TPSA) is 69.2 Å². The SMILES string of the molecule is FC(F)(F)Oc1ccc2c(Oc3ccc(Nc4nnc(-c5ccccc5)c5ccccc45)cc3)ccnc2c1. The number of fused-ring (bicyclic) bond motifs is 2. The van der Waals surface area contributed by atoms with E-state index in [1.165, 1.54) is 24.4 Å². The minimum absolute atomic E-state index is 0.317. The van der Waals surface area contributed by atoms with Gasteiger partial charge >= 0.3 is 6.36 Å². The molecule has 39 heavy (non-hydrogen) atoms. The molecule has 0 radical (unpaired) electrons. The Balaban J connectivity index is 1.23. The van der Waals surface area contributed by atoms with Gasteiger partial charge in [0.1, 0.15) is 22.9 Å². The van der Waals surface area contributed by atoms with Gasteiger partial charge in [-0.2, -0.15) is 0 Å². The molecule has 0 aliphatic carbocycles. The number of pyridine rings is 1. The van der Waals surface area contributed by atoms with Gasteiger partial charge in [0.15, 0.2) is 5.82 Å². The van der Waals surface area contributed by atoms with Crippen molar-refractivity contribution in [1.82, 2.24) is 15.2 Å². The number of hydrogen-bond donors (Lipinski definition) is 1. The van der Waals surface area contributed by atoms with E-state index < -0.39 is 6.36 Å². The van der Waals surface area contributed by atoms with Crippen molar-refractivity contribution in [3.05, 3.63) is 109 Å². The van der Waals surface area contributed by atoms with Crippen molar-refractivity contribution in [3.8, 4) is 28.5 Å². The fraction of sp³-hybridized carbons (Fsp3) is 0.0333. The average molecular weight is 525 g/mol. The Kier molecular flexibility index (Phi) is 6.16. The molecule has 192 valence electrons. The van der Waals surface area contributed by atoms with E-state index in [1.807, 2.05) is 66.7 Å². The molecule has 6 rings (SSSR count). The number of alkyl halides is 3. The lowest BCUT2D eigenvalue weighted by molar-refractivity contribution is -0.274. The molecule has 6 nitrogen and oxygen atoms in total. The maximum absolute atomic E-state index is 12.6. The molecule has 0 unspecified atom stereocenters. The molecule has 0 aliphatic heterocycles. The monoisotopic (exact) mass is 524 g/mol. The van der Waals surface area contributed by atoms with E-state index >= 15 is 0 Å². The first-order chi connectivity index (χ1) is 18.9. The van der Waals surface area contributed by atoms with Gasteiger partial charge in [0.25, 0.3) is 0 Å². The molecule has 1 N–H and O–H groups in total. The van der Waals surface area contributed by atoms with E-state index in [9.17, 15) is 13.2 Å². The Hall–Kier alpha value is -5.18. The van der Waals surface area contributed by atoms with Gasteiger partial charge < -0.3 is 14.8 Å². The van der Waals surface area contributed by atoms with E-state index in [0.29, 0.717) is 28.2 Å². The summed E-state index contributed by atoms with van der Waals surface area (Å²) in [7, 11) is 0. The zero-order valence-corrected chi connectivity index (χ0v) is 20.2. The normalized spacial score (nSPS) is 11.5. The molecular formula is C30H19F3N4O2. The van der Waals surface area contributed by atoms with Crippen LogP contribution < -0.4 is 14.8 Å². The van der Waals surface area contributed by atoms with Gasteiger partial charge in [0.2, 0.25) is 0 Å². The van der Waals surface area contributed by atoms with Gasteiger partial charge in [-0.25, -0.2) is 0 Å². The lowest BCUT2D eigenvalue weighted by Gasteiger charge is -2.13. The first-order valence-electron chi connectivity index (χ1n) is 11.9. The first-order valence-corrected chi connectivity index (χ1v) is 11.9. The molecule has 0 bridgehead atoms. The first kappa shape index (κ1) is 24.2. The molecule has 2 heterocycles. The average Bonchev–Trinajstić information content (AvgIpc) is 2.94. The molecule has 0 fully saturated rings. The van der Waals surface area contributed by atoms with Gasteiger partial charge in [0.05, 0.1) is 5.52 Å². The number of nitrogens with zero attached hydrogens (tertiary/aromatic N) is 3. The van der Waals surface area contributed by atoms with Crippen molar-refractivity contribution in [1.29, 1.82) is 0 Å². The molecule has 0 atom stereocenters. The van der Waals surface area contributed by atoms with Crippen molar-refractivity contribution in [2.45, 2.75) is 6.36 Å². The number of benzene rings is 4. The van der Waals surface area contributed by atoms with Crippen LogP contribution in [0.2, 0.25) is 0 Å². The van der Waals surface area contributed by atoms with Crippen LogP contribution in [-0.4, -0.2) is 21.5 Å². The summed E-state index contributed by atoms with van der Waals surface area (Å²) in [5.74, 6) is 1.27. The van der Waals surface area contributed by atoms with Crippen LogP contribution in [0, 0.1) is 0 Å². The maximum Gasteiger partial charge on any atom is 0.573 e. The van der Waals surface area contributed by atoms with Crippen LogP contribution in [0.15, 0.2) is 109 Å². The third kappa shape index (κ3) is 5.28. The van der Waals surface area contributed by atoms with Gasteiger partial charge in [-0.15, -0.1) is 23.4 Å². The number of halogens is 3. The van der Waals surface area contributed by atoms with Crippen molar-refractivity contribution in [2.75, 3.05) is 5.32 Å². The Morgan fingerprint density at radius 1 is 0.667 bits per heavy atom. The van der Waals surface area contributed by atoms with Crippen LogP contribution in [-0.2, 0) is 0 Å². The summed E-state index contributed by atoms with van der Waals surface area (Å²) in [5, 5.41) is 14.7. The van der Waals surface area contributed by atoms with Crippen LogP contribution >= 0.6 is 0 Å². The molecule has 0 saturated carbocycles. The summed E-state index contributed by atoms with van der Waals surface area (Å²) in [6.45, 7) is 0. The molecule has 0 amide bonds. The van der Waals surface area contributed by atoms with Gasteiger partial charge in [0, 0.05) is 39.7 Å². The minimum Gasteiger partial charge on any atom is -0.457 e. The standard InChI is InChI=1S/C30H19F3N4O2/c31-30(32,33)39-22-14-15-25-26(18-22)34-17-16-27(25)38-21-12-10-20(11-13-21)35-29-24-9-5-4-8-23(24)28(36-37-29)19-6-2-1-3-7-19/h1-18H,(H,35,37). The molecular weight excluding hydrogens is 505 g/mol. The van der Waals surface area contributed by atoms with Crippen molar-refractivity contribution in [2.24, 2.45) is 0 Å².